The van der Waals surface area contributed by atoms with Gasteiger partial charge in [0.05, 0.1) is 6.54 Å². The van der Waals surface area contributed by atoms with Gasteiger partial charge in [0.15, 0.2) is 0 Å². The van der Waals surface area contributed by atoms with Crippen LogP contribution in [0.2, 0.25) is 0 Å². The molecule has 0 aromatic heterocycles. The molecule has 1 aliphatic heterocycles. The van der Waals surface area contributed by atoms with E-state index in [4.69, 9.17) is 0 Å². The number of nitrogens with zero attached hydrogens (tertiary/aromatic N) is 2. The van der Waals surface area contributed by atoms with Gasteiger partial charge in [-0.15, -0.1) is 0 Å². The summed E-state index contributed by atoms with van der Waals surface area (Å²) in [6.45, 7) is 11.2. The summed E-state index contributed by atoms with van der Waals surface area (Å²) in [6.07, 6.45) is 2.48. The average molecular weight is 267 g/mol. The largest absolute Gasteiger partial charge is 0.339 e. The SMILES string of the molecule is CC1CC(C)(C)CC1N(C)CC(=O)N1CCNCC1. The van der Waals surface area contributed by atoms with E-state index in [1.54, 1.807) is 0 Å². The van der Waals surface area contributed by atoms with E-state index >= 15 is 0 Å². The van der Waals surface area contributed by atoms with Crippen molar-refractivity contribution in [3.63, 3.8) is 0 Å². The van der Waals surface area contributed by atoms with Crippen LogP contribution in [0.15, 0.2) is 0 Å². The summed E-state index contributed by atoms with van der Waals surface area (Å²) in [4.78, 5) is 16.6. The second-order valence-electron chi connectivity index (χ2n) is 7.16. The van der Waals surface area contributed by atoms with Crippen LogP contribution in [0.25, 0.3) is 0 Å². The van der Waals surface area contributed by atoms with Crippen molar-refractivity contribution >= 4 is 5.91 Å². The van der Waals surface area contributed by atoms with Crippen molar-refractivity contribution < 1.29 is 4.79 Å². The minimum atomic E-state index is 0.293. The molecular formula is C15H29N3O. The van der Waals surface area contributed by atoms with Crippen molar-refractivity contribution in [2.75, 3.05) is 39.8 Å². The van der Waals surface area contributed by atoms with Crippen LogP contribution in [0.5, 0.6) is 0 Å². The molecular weight excluding hydrogens is 238 g/mol. The molecule has 2 atom stereocenters. The highest BCUT2D eigenvalue weighted by Gasteiger charge is 2.39. The second kappa shape index (κ2) is 5.80. The van der Waals surface area contributed by atoms with E-state index in [0.717, 1.165) is 26.2 Å². The fraction of sp³-hybridized carbons (Fsp3) is 0.933. The van der Waals surface area contributed by atoms with Crippen molar-refractivity contribution in [3.05, 3.63) is 0 Å². The third-order valence-corrected chi connectivity index (χ3v) is 4.71. The van der Waals surface area contributed by atoms with Crippen molar-refractivity contribution in [3.8, 4) is 0 Å². The van der Waals surface area contributed by atoms with E-state index in [-0.39, 0.29) is 0 Å². The van der Waals surface area contributed by atoms with Crippen LogP contribution in [-0.2, 0) is 4.79 Å². The molecule has 0 aromatic rings. The summed E-state index contributed by atoms with van der Waals surface area (Å²) in [5.74, 6) is 0.983. The molecule has 4 heteroatoms. The number of carbonyl (C=O) groups is 1. The van der Waals surface area contributed by atoms with Gasteiger partial charge in [0.25, 0.3) is 0 Å². The van der Waals surface area contributed by atoms with Gasteiger partial charge in [0.2, 0.25) is 5.91 Å². The minimum Gasteiger partial charge on any atom is -0.339 e. The molecule has 19 heavy (non-hydrogen) atoms. The van der Waals surface area contributed by atoms with Crippen molar-refractivity contribution in [2.45, 2.75) is 39.7 Å². The molecule has 1 saturated carbocycles. The maximum absolute atomic E-state index is 12.3. The van der Waals surface area contributed by atoms with Gasteiger partial charge in [-0.05, 0) is 31.2 Å². The van der Waals surface area contributed by atoms with E-state index in [0.29, 0.717) is 29.8 Å². The Balaban J connectivity index is 1.86. The Hall–Kier alpha value is -0.610. The van der Waals surface area contributed by atoms with Crippen LogP contribution in [0, 0.1) is 11.3 Å². The summed E-state index contributed by atoms with van der Waals surface area (Å²) < 4.78 is 0. The molecule has 110 valence electrons. The first-order chi connectivity index (χ1) is 8.89. The van der Waals surface area contributed by atoms with Gasteiger partial charge in [-0.2, -0.15) is 0 Å². The smallest absolute Gasteiger partial charge is 0.236 e. The molecule has 1 saturated heterocycles. The highest BCUT2D eigenvalue weighted by Crippen LogP contribution is 2.42. The Labute approximate surface area is 117 Å². The van der Waals surface area contributed by atoms with Crippen LogP contribution < -0.4 is 5.32 Å². The van der Waals surface area contributed by atoms with Crippen LogP contribution in [0.3, 0.4) is 0 Å². The normalized spacial score (nSPS) is 30.9. The summed E-state index contributed by atoms with van der Waals surface area (Å²) in [6, 6.07) is 0.557. The number of likely N-dealkylation sites (N-methyl/N-ethyl adjacent to an activating group) is 1. The van der Waals surface area contributed by atoms with Gasteiger partial charge in [-0.1, -0.05) is 20.8 Å². The van der Waals surface area contributed by atoms with E-state index in [1.807, 2.05) is 4.90 Å². The molecule has 1 amide bonds. The van der Waals surface area contributed by atoms with Gasteiger partial charge in [-0.25, -0.2) is 0 Å². The molecule has 4 nitrogen and oxygen atoms in total. The Bertz CT molecular complexity index is 323. The molecule has 2 rings (SSSR count). The fourth-order valence-electron chi connectivity index (χ4n) is 3.79. The molecule has 1 N–H and O–H groups in total. The zero-order valence-corrected chi connectivity index (χ0v) is 12.9. The summed E-state index contributed by atoms with van der Waals surface area (Å²) >= 11 is 0. The lowest BCUT2D eigenvalue weighted by Crippen LogP contribution is -2.50. The molecule has 0 radical (unpaired) electrons. The number of carbonyl (C=O) groups excluding carboxylic acids is 1. The number of amides is 1. The minimum absolute atomic E-state index is 0.293. The first-order valence-electron chi connectivity index (χ1n) is 7.58. The quantitative estimate of drug-likeness (QED) is 0.834. The number of hydrogen-bond acceptors (Lipinski definition) is 3. The number of hydrogen-bond donors (Lipinski definition) is 1. The summed E-state index contributed by atoms with van der Waals surface area (Å²) in [7, 11) is 2.11. The molecule has 0 bridgehead atoms. The van der Waals surface area contributed by atoms with Gasteiger partial charge in [0, 0.05) is 32.2 Å². The van der Waals surface area contributed by atoms with Crippen molar-refractivity contribution in [1.29, 1.82) is 0 Å². The molecule has 0 aromatic carbocycles. The van der Waals surface area contributed by atoms with E-state index in [1.165, 1.54) is 12.8 Å². The van der Waals surface area contributed by atoms with Gasteiger partial charge in [-0.3, -0.25) is 9.69 Å². The average Bonchev–Trinajstić information content (AvgIpc) is 2.64. The van der Waals surface area contributed by atoms with Crippen LogP contribution in [-0.4, -0.2) is 61.5 Å². The maximum atomic E-state index is 12.3. The lowest BCUT2D eigenvalue weighted by Gasteiger charge is -2.32. The van der Waals surface area contributed by atoms with Gasteiger partial charge in [0.1, 0.15) is 0 Å². The number of nitrogens with one attached hydrogen (secondary N) is 1. The van der Waals surface area contributed by atoms with Crippen molar-refractivity contribution in [1.82, 2.24) is 15.1 Å². The lowest BCUT2D eigenvalue weighted by atomic mass is 9.91. The van der Waals surface area contributed by atoms with Gasteiger partial charge >= 0.3 is 0 Å². The van der Waals surface area contributed by atoms with Gasteiger partial charge < -0.3 is 10.2 Å². The Morgan fingerprint density at radius 3 is 2.47 bits per heavy atom. The highest BCUT2D eigenvalue weighted by atomic mass is 16.2. The van der Waals surface area contributed by atoms with Crippen LogP contribution in [0.4, 0.5) is 0 Å². The predicted molar refractivity (Wildman–Crippen MR) is 78.0 cm³/mol. The maximum Gasteiger partial charge on any atom is 0.236 e. The number of rotatable bonds is 3. The Morgan fingerprint density at radius 2 is 1.95 bits per heavy atom. The Morgan fingerprint density at radius 1 is 1.32 bits per heavy atom. The number of piperazine rings is 1. The van der Waals surface area contributed by atoms with Crippen LogP contribution >= 0.6 is 0 Å². The zero-order chi connectivity index (χ0) is 14.0. The summed E-state index contributed by atoms with van der Waals surface area (Å²) in [5.41, 5.74) is 0.427. The first-order valence-corrected chi connectivity index (χ1v) is 7.58. The lowest BCUT2D eigenvalue weighted by molar-refractivity contribution is -0.133. The first kappa shape index (κ1) is 14.8. The van der Waals surface area contributed by atoms with E-state index in [9.17, 15) is 4.79 Å². The standard InChI is InChI=1S/C15H29N3O/c1-12-9-15(2,3)10-13(12)17(4)11-14(19)18-7-5-16-6-8-18/h12-13,16H,5-11H2,1-4H3. The van der Waals surface area contributed by atoms with Crippen molar-refractivity contribution in [2.24, 2.45) is 11.3 Å². The summed E-state index contributed by atoms with van der Waals surface area (Å²) in [5, 5.41) is 3.29. The third-order valence-electron chi connectivity index (χ3n) is 4.71. The predicted octanol–water partition coefficient (Wildman–Crippen LogP) is 1.17. The molecule has 2 fully saturated rings. The molecule has 2 unspecified atom stereocenters. The molecule has 1 aliphatic carbocycles. The van der Waals surface area contributed by atoms with E-state index < -0.39 is 0 Å². The molecule has 1 heterocycles. The second-order valence-corrected chi connectivity index (χ2v) is 7.16. The Kier molecular flexibility index (Phi) is 4.51. The van der Waals surface area contributed by atoms with E-state index in [2.05, 4.69) is 38.0 Å². The highest BCUT2D eigenvalue weighted by molar-refractivity contribution is 5.78. The molecule has 2 aliphatic rings. The third kappa shape index (κ3) is 3.69. The topological polar surface area (TPSA) is 35.6 Å². The molecule has 0 spiro atoms. The fourth-order valence-corrected chi connectivity index (χ4v) is 3.79. The zero-order valence-electron chi connectivity index (χ0n) is 12.9. The monoisotopic (exact) mass is 267 g/mol. The van der Waals surface area contributed by atoms with Crippen LogP contribution in [0.1, 0.15) is 33.6 Å².